The van der Waals surface area contributed by atoms with Crippen molar-refractivity contribution in [1.82, 2.24) is 10.2 Å². The maximum Gasteiger partial charge on any atom is 0.0232 e. The largest absolute Gasteiger partial charge is 0.315 e. The van der Waals surface area contributed by atoms with Crippen LogP contribution < -0.4 is 5.32 Å². The SMILES string of the molecule is c1ccc2c(c1)CCN(C1CCNC1)CC2. The van der Waals surface area contributed by atoms with Crippen molar-refractivity contribution >= 4 is 0 Å². The molecule has 2 heteroatoms. The number of benzene rings is 1. The van der Waals surface area contributed by atoms with E-state index in [0.29, 0.717) is 0 Å². The summed E-state index contributed by atoms with van der Waals surface area (Å²) in [5, 5.41) is 3.47. The fourth-order valence-electron chi connectivity index (χ4n) is 3.00. The second-order valence-electron chi connectivity index (χ2n) is 4.95. The van der Waals surface area contributed by atoms with Crippen molar-refractivity contribution in [2.75, 3.05) is 26.2 Å². The normalized spacial score (nSPS) is 26.4. The van der Waals surface area contributed by atoms with Gasteiger partial charge in [-0.2, -0.15) is 0 Å². The molecule has 3 rings (SSSR count). The lowest BCUT2D eigenvalue weighted by molar-refractivity contribution is 0.218. The van der Waals surface area contributed by atoms with E-state index in [4.69, 9.17) is 0 Å². The molecule has 1 aromatic carbocycles. The van der Waals surface area contributed by atoms with Crippen molar-refractivity contribution in [2.24, 2.45) is 0 Å². The van der Waals surface area contributed by atoms with E-state index >= 15 is 0 Å². The molecule has 2 aliphatic heterocycles. The van der Waals surface area contributed by atoms with Gasteiger partial charge in [0, 0.05) is 25.7 Å². The van der Waals surface area contributed by atoms with E-state index in [1.807, 2.05) is 0 Å². The quantitative estimate of drug-likeness (QED) is 0.764. The summed E-state index contributed by atoms with van der Waals surface area (Å²) in [6.07, 6.45) is 3.79. The Hall–Kier alpha value is -0.860. The molecule has 1 fully saturated rings. The van der Waals surface area contributed by atoms with Crippen molar-refractivity contribution in [3.05, 3.63) is 35.4 Å². The summed E-state index contributed by atoms with van der Waals surface area (Å²) < 4.78 is 0. The molecule has 2 aliphatic rings. The molecule has 1 unspecified atom stereocenters. The van der Waals surface area contributed by atoms with E-state index in [2.05, 4.69) is 34.5 Å². The molecule has 2 nitrogen and oxygen atoms in total. The third-order valence-electron chi connectivity index (χ3n) is 4.01. The Morgan fingerprint density at radius 1 is 1.06 bits per heavy atom. The van der Waals surface area contributed by atoms with Crippen molar-refractivity contribution < 1.29 is 0 Å². The lowest BCUT2D eigenvalue weighted by atomic mass is 10.0. The molecule has 16 heavy (non-hydrogen) atoms. The predicted octanol–water partition coefficient (Wildman–Crippen LogP) is 1.45. The monoisotopic (exact) mass is 216 g/mol. The third kappa shape index (κ3) is 2.00. The first kappa shape index (κ1) is 10.3. The van der Waals surface area contributed by atoms with Gasteiger partial charge in [0.15, 0.2) is 0 Å². The van der Waals surface area contributed by atoms with Crippen LogP contribution in [-0.2, 0) is 12.8 Å². The minimum atomic E-state index is 0.786. The lowest BCUT2D eigenvalue weighted by Gasteiger charge is -2.26. The molecule has 2 heterocycles. The van der Waals surface area contributed by atoms with Crippen LogP contribution in [0, 0.1) is 0 Å². The highest BCUT2D eigenvalue weighted by Gasteiger charge is 2.23. The molecule has 0 amide bonds. The summed E-state index contributed by atoms with van der Waals surface area (Å²) in [6, 6.07) is 9.73. The second kappa shape index (κ2) is 4.56. The number of nitrogens with zero attached hydrogens (tertiary/aromatic N) is 1. The van der Waals surface area contributed by atoms with Crippen LogP contribution >= 0.6 is 0 Å². The molecule has 0 aliphatic carbocycles. The van der Waals surface area contributed by atoms with Gasteiger partial charge in [-0.05, 0) is 36.9 Å². The zero-order chi connectivity index (χ0) is 10.8. The first-order valence-electron chi connectivity index (χ1n) is 6.45. The average molecular weight is 216 g/mol. The number of fused-ring (bicyclic) bond motifs is 1. The molecule has 0 bridgehead atoms. The van der Waals surface area contributed by atoms with E-state index in [-0.39, 0.29) is 0 Å². The van der Waals surface area contributed by atoms with Crippen LogP contribution in [0.15, 0.2) is 24.3 Å². The summed E-state index contributed by atoms with van der Waals surface area (Å²) >= 11 is 0. The van der Waals surface area contributed by atoms with Gasteiger partial charge in [0.25, 0.3) is 0 Å². The zero-order valence-corrected chi connectivity index (χ0v) is 9.78. The Kier molecular flexibility index (Phi) is 2.94. The fourth-order valence-corrected chi connectivity index (χ4v) is 3.00. The average Bonchev–Trinajstić information content (AvgIpc) is 2.76. The molecule has 1 N–H and O–H groups in total. The van der Waals surface area contributed by atoms with E-state index in [0.717, 1.165) is 6.04 Å². The van der Waals surface area contributed by atoms with Crippen LogP contribution in [0.25, 0.3) is 0 Å². The topological polar surface area (TPSA) is 15.3 Å². The van der Waals surface area contributed by atoms with Crippen LogP contribution in [0.3, 0.4) is 0 Å². The van der Waals surface area contributed by atoms with Gasteiger partial charge < -0.3 is 5.32 Å². The van der Waals surface area contributed by atoms with E-state index in [9.17, 15) is 0 Å². The van der Waals surface area contributed by atoms with Gasteiger partial charge in [0.05, 0.1) is 0 Å². The summed E-state index contributed by atoms with van der Waals surface area (Å²) in [5.74, 6) is 0. The molecule has 0 aromatic heterocycles. The second-order valence-corrected chi connectivity index (χ2v) is 4.95. The summed E-state index contributed by atoms with van der Waals surface area (Å²) in [7, 11) is 0. The minimum absolute atomic E-state index is 0.786. The van der Waals surface area contributed by atoms with Crippen molar-refractivity contribution in [3.63, 3.8) is 0 Å². The summed E-state index contributed by atoms with van der Waals surface area (Å²) in [4.78, 5) is 2.68. The number of hydrogen-bond donors (Lipinski definition) is 1. The Bertz CT molecular complexity index is 329. The highest BCUT2D eigenvalue weighted by molar-refractivity contribution is 5.28. The maximum absolute atomic E-state index is 3.47. The smallest absolute Gasteiger partial charge is 0.0232 e. The van der Waals surface area contributed by atoms with Crippen LogP contribution in [0.5, 0.6) is 0 Å². The molecule has 1 saturated heterocycles. The van der Waals surface area contributed by atoms with Crippen LogP contribution in [-0.4, -0.2) is 37.1 Å². The minimum Gasteiger partial charge on any atom is -0.315 e. The standard InChI is InChI=1S/C14H20N2/c1-2-4-13-7-10-16(9-6-12(13)3-1)14-5-8-15-11-14/h1-4,14-15H,5-11H2. The first-order chi connectivity index (χ1) is 7.93. The zero-order valence-electron chi connectivity index (χ0n) is 9.78. The third-order valence-corrected chi connectivity index (χ3v) is 4.01. The van der Waals surface area contributed by atoms with Gasteiger partial charge in [-0.25, -0.2) is 0 Å². The molecule has 0 spiro atoms. The molecular weight excluding hydrogens is 196 g/mol. The molecule has 1 aromatic rings. The highest BCUT2D eigenvalue weighted by Crippen LogP contribution is 2.18. The maximum atomic E-state index is 3.47. The van der Waals surface area contributed by atoms with Crippen molar-refractivity contribution in [3.8, 4) is 0 Å². The van der Waals surface area contributed by atoms with Crippen LogP contribution in [0.2, 0.25) is 0 Å². The first-order valence-corrected chi connectivity index (χ1v) is 6.45. The number of rotatable bonds is 1. The van der Waals surface area contributed by atoms with Crippen molar-refractivity contribution in [2.45, 2.75) is 25.3 Å². The molecular formula is C14H20N2. The van der Waals surface area contributed by atoms with E-state index in [1.54, 1.807) is 11.1 Å². The Balaban J connectivity index is 1.71. The van der Waals surface area contributed by atoms with Gasteiger partial charge in [-0.1, -0.05) is 24.3 Å². The molecule has 86 valence electrons. The number of hydrogen-bond acceptors (Lipinski definition) is 2. The van der Waals surface area contributed by atoms with Gasteiger partial charge in [0.1, 0.15) is 0 Å². The summed E-state index contributed by atoms with van der Waals surface area (Å²) in [5.41, 5.74) is 3.13. The van der Waals surface area contributed by atoms with Crippen LogP contribution in [0.1, 0.15) is 17.5 Å². The summed E-state index contributed by atoms with van der Waals surface area (Å²) in [6.45, 7) is 4.87. The van der Waals surface area contributed by atoms with Crippen molar-refractivity contribution in [1.29, 1.82) is 0 Å². The Morgan fingerprint density at radius 2 is 1.75 bits per heavy atom. The fraction of sp³-hybridized carbons (Fsp3) is 0.571. The Labute approximate surface area is 97.6 Å². The molecule has 0 radical (unpaired) electrons. The van der Waals surface area contributed by atoms with Gasteiger partial charge in [-0.3, -0.25) is 4.90 Å². The number of nitrogens with one attached hydrogen (secondary N) is 1. The Morgan fingerprint density at radius 3 is 2.31 bits per heavy atom. The van der Waals surface area contributed by atoms with E-state index in [1.165, 1.54) is 45.4 Å². The van der Waals surface area contributed by atoms with Gasteiger partial charge >= 0.3 is 0 Å². The highest BCUT2D eigenvalue weighted by atomic mass is 15.2. The molecule has 0 saturated carbocycles. The lowest BCUT2D eigenvalue weighted by Crippen LogP contribution is -2.38. The van der Waals surface area contributed by atoms with Crippen LogP contribution in [0.4, 0.5) is 0 Å². The predicted molar refractivity (Wildman–Crippen MR) is 66.7 cm³/mol. The van der Waals surface area contributed by atoms with Gasteiger partial charge in [-0.15, -0.1) is 0 Å². The van der Waals surface area contributed by atoms with E-state index < -0.39 is 0 Å². The van der Waals surface area contributed by atoms with Gasteiger partial charge in [0.2, 0.25) is 0 Å². The molecule has 1 atom stereocenters.